The number of carbonyl (C=O) groups excluding carboxylic acids is 1. The normalized spacial score (nSPS) is 15.0. The molecule has 0 saturated carbocycles. The second kappa shape index (κ2) is 6.19. The number of benzene rings is 1. The Bertz CT molecular complexity index is 623. The largest absolute Gasteiger partial charge is 0.378 e. The lowest BCUT2D eigenvalue weighted by molar-refractivity contribution is 0.0564. The molecule has 0 unspecified atom stereocenters. The number of aromatic nitrogens is 1. The van der Waals surface area contributed by atoms with Gasteiger partial charge in [-0.2, -0.15) is 0 Å². The van der Waals surface area contributed by atoms with Gasteiger partial charge in [0.2, 0.25) is 0 Å². The van der Waals surface area contributed by atoms with Crippen molar-refractivity contribution in [2.75, 3.05) is 31.6 Å². The Morgan fingerprint density at radius 1 is 1.29 bits per heavy atom. The lowest BCUT2D eigenvalue weighted by atomic mass is 10.2. The van der Waals surface area contributed by atoms with Crippen molar-refractivity contribution in [1.82, 2.24) is 9.88 Å². The molecule has 0 radical (unpaired) electrons. The van der Waals surface area contributed by atoms with Crippen molar-refractivity contribution < 1.29 is 13.9 Å². The van der Waals surface area contributed by atoms with Crippen molar-refractivity contribution in [3.63, 3.8) is 0 Å². The van der Waals surface area contributed by atoms with E-state index in [-0.39, 0.29) is 11.8 Å². The van der Waals surface area contributed by atoms with Crippen LogP contribution in [0, 0.1) is 5.82 Å². The smallest absolute Gasteiger partial charge is 0.323 e. The zero-order valence-corrected chi connectivity index (χ0v) is 12.0. The maximum absolute atomic E-state index is 12.9. The number of carbonyl (C=O) groups is 1. The molecule has 110 valence electrons. The molecular formula is C14H14FN3O2S. The van der Waals surface area contributed by atoms with E-state index in [0.717, 1.165) is 11.3 Å². The number of thiazole rings is 1. The van der Waals surface area contributed by atoms with Crippen molar-refractivity contribution >= 4 is 22.5 Å². The summed E-state index contributed by atoms with van der Waals surface area (Å²) >= 11 is 1.35. The molecule has 1 aromatic heterocycles. The molecule has 5 nitrogen and oxygen atoms in total. The quantitative estimate of drug-likeness (QED) is 0.928. The fourth-order valence-electron chi connectivity index (χ4n) is 2.02. The second-order valence-electron chi connectivity index (χ2n) is 4.57. The monoisotopic (exact) mass is 307 g/mol. The molecule has 2 amide bonds. The molecule has 0 spiro atoms. The first kappa shape index (κ1) is 14.0. The highest BCUT2D eigenvalue weighted by molar-refractivity contribution is 7.14. The lowest BCUT2D eigenvalue weighted by Gasteiger charge is -2.26. The number of urea groups is 1. The molecule has 1 aliphatic heterocycles. The highest BCUT2D eigenvalue weighted by atomic mass is 32.1. The lowest BCUT2D eigenvalue weighted by Crippen LogP contribution is -2.43. The number of nitrogens with one attached hydrogen (secondary N) is 1. The average Bonchev–Trinajstić information content (AvgIpc) is 2.97. The number of morpholine rings is 1. The highest BCUT2D eigenvalue weighted by Gasteiger charge is 2.17. The fraction of sp³-hybridized carbons (Fsp3) is 0.286. The van der Waals surface area contributed by atoms with E-state index in [9.17, 15) is 9.18 Å². The van der Waals surface area contributed by atoms with Crippen LogP contribution in [0.3, 0.4) is 0 Å². The van der Waals surface area contributed by atoms with Crippen molar-refractivity contribution in [2.24, 2.45) is 0 Å². The third-order valence-electron chi connectivity index (χ3n) is 3.16. The zero-order valence-electron chi connectivity index (χ0n) is 11.2. The van der Waals surface area contributed by atoms with E-state index in [0.29, 0.717) is 31.4 Å². The molecular weight excluding hydrogens is 293 g/mol. The first-order valence-electron chi connectivity index (χ1n) is 6.57. The fourth-order valence-corrected chi connectivity index (χ4v) is 2.73. The van der Waals surface area contributed by atoms with Crippen LogP contribution in [0.4, 0.5) is 14.3 Å². The number of hydrogen-bond donors (Lipinski definition) is 1. The summed E-state index contributed by atoms with van der Waals surface area (Å²) in [6.45, 7) is 2.29. The van der Waals surface area contributed by atoms with Gasteiger partial charge in [-0.05, 0) is 24.3 Å². The van der Waals surface area contributed by atoms with Gasteiger partial charge in [-0.25, -0.2) is 14.2 Å². The van der Waals surface area contributed by atoms with Gasteiger partial charge in [-0.1, -0.05) is 0 Å². The highest BCUT2D eigenvalue weighted by Crippen LogP contribution is 2.25. The number of nitrogens with zero attached hydrogens (tertiary/aromatic N) is 2. The predicted molar refractivity (Wildman–Crippen MR) is 78.9 cm³/mol. The summed E-state index contributed by atoms with van der Waals surface area (Å²) in [4.78, 5) is 18.1. The molecule has 1 fully saturated rings. The number of rotatable bonds is 2. The Morgan fingerprint density at radius 2 is 2.00 bits per heavy atom. The Morgan fingerprint density at radius 3 is 2.71 bits per heavy atom. The minimum atomic E-state index is -0.283. The van der Waals surface area contributed by atoms with Crippen LogP contribution in [0.2, 0.25) is 0 Å². The molecule has 3 rings (SSSR count). The number of halogens is 1. The van der Waals surface area contributed by atoms with Gasteiger partial charge in [0.05, 0.1) is 18.9 Å². The number of anilines is 1. The molecule has 0 bridgehead atoms. The summed E-state index contributed by atoms with van der Waals surface area (Å²) in [7, 11) is 0. The molecule has 2 aromatic rings. The van der Waals surface area contributed by atoms with Crippen molar-refractivity contribution in [2.45, 2.75) is 0 Å². The Balaban J connectivity index is 1.67. The number of ether oxygens (including phenoxy) is 1. The van der Waals surface area contributed by atoms with Gasteiger partial charge in [0.1, 0.15) is 5.82 Å². The van der Waals surface area contributed by atoms with Gasteiger partial charge < -0.3 is 9.64 Å². The van der Waals surface area contributed by atoms with E-state index >= 15 is 0 Å². The molecule has 21 heavy (non-hydrogen) atoms. The third-order valence-corrected chi connectivity index (χ3v) is 3.91. The van der Waals surface area contributed by atoms with Crippen LogP contribution < -0.4 is 5.32 Å². The molecule has 1 N–H and O–H groups in total. The Kier molecular flexibility index (Phi) is 4.12. The number of hydrogen-bond acceptors (Lipinski definition) is 4. The van der Waals surface area contributed by atoms with Gasteiger partial charge >= 0.3 is 6.03 Å². The summed E-state index contributed by atoms with van der Waals surface area (Å²) in [5, 5.41) is 5.15. The summed E-state index contributed by atoms with van der Waals surface area (Å²) in [5.74, 6) is -0.283. The van der Waals surface area contributed by atoms with Crippen molar-refractivity contribution in [3.05, 3.63) is 35.5 Å². The van der Waals surface area contributed by atoms with E-state index in [2.05, 4.69) is 10.3 Å². The van der Waals surface area contributed by atoms with Gasteiger partial charge in [0.15, 0.2) is 5.13 Å². The van der Waals surface area contributed by atoms with Crippen LogP contribution in [0.1, 0.15) is 0 Å². The van der Waals surface area contributed by atoms with Gasteiger partial charge in [0.25, 0.3) is 0 Å². The Labute approximate surface area is 125 Å². The van der Waals surface area contributed by atoms with E-state index in [1.165, 1.54) is 23.5 Å². The van der Waals surface area contributed by atoms with Gasteiger partial charge in [-0.3, -0.25) is 5.32 Å². The van der Waals surface area contributed by atoms with Crippen LogP contribution in [0.25, 0.3) is 11.3 Å². The first-order chi connectivity index (χ1) is 10.2. The SMILES string of the molecule is O=C(Nc1nc(-c2ccc(F)cc2)cs1)N1CCOCC1. The Hall–Kier alpha value is -1.99. The molecule has 1 aliphatic rings. The van der Waals surface area contributed by atoms with Crippen LogP contribution in [0.5, 0.6) is 0 Å². The minimum absolute atomic E-state index is 0.168. The average molecular weight is 307 g/mol. The zero-order chi connectivity index (χ0) is 14.7. The van der Waals surface area contributed by atoms with Gasteiger partial charge in [-0.15, -0.1) is 11.3 Å². The van der Waals surface area contributed by atoms with Crippen LogP contribution in [-0.2, 0) is 4.74 Å². The second-order valence-corrected chi connectivity index (χ2v) is 5.43. The van der Waals surface area contributed by atoms with Gasteiger partial charge in [0, 0.05) is 24.0 Å². The summed E-state index contributed by atoms with van der Waals surface area (Å²) < 4.78 is 18.1. The first-order valence-corrected chi connectivity index (χ1v) is 7.45. The van der Waals surface area contributed by atoms with Crippen LogP contribution >= 0.6 is 11.3 Å². The number of amides is 2. The summed E-state index contributed by atoms with van der Waals surface area (Å²) in [5.41, 5.74) is 1.54. The third kappa shape index (κ3) is 3.37. The summed E-state index contributed by atoms with van der Waals surface area (Å²) in [6, 6.07) is 5.94. The van der Waals surface area contributed by atoms with Crippen LogP contribution in [-0.4, -0.2) is 42.2 Å². The summed E-state index contributed by atoms with van der Waals surface area (Å²) in [6.07, 6.45) is 0. The molecule has 0 aliphatic carbocycles. The standard InChI is InChI=1S/C14H14FN3O2S/c15-11-3-1-10(2-4-11)12-9-21-13(16-12)17-14(19)18-5-7-20-8-6-18/h1-4,9H,5-8H2,(H,16,17,19). The van der Waals surface area contributed by atoms with Crippen LogP contribution in [0.15, 0.2) is 29.6 Å². The maximum Gasteiger partial charge on any atom is 0.323 e. The molecule has 2 heterocycles. The molecule has 0 atom stereocenters. The van der Waals surface area contributed by atoms with E-state index in [4.69, 9.17) is 4.74 Å². The molecule has 1 saturated heterocycles. The van der Waals surface area contributed by atoms with Crippen molar-refractivity contribution in [3.8, 4) is 11.3 Å². The van der Waals surface area contributed by atoms with Crippen molar-refractivity contribution in [1.29, 1.82) is 0 Å². The van der Waals surface area contributed by atoms with E-state index < -0.39 is 0 Å². The molecule has 7 heteroatoms. The van der Waals surface area contributed by atoms with E-state index in [1.54, 1.807) is 17.0 Å². The topological polar surface area (TPSA) is 54.5 Å². The minimum Gasteiger partial charge on any atom is -0.378 e. The van der Waals surface area contributed by atoms with E-state index in [1.807, 2.05) is 5.38 Å². The molecule has 1 aromatic carbocycles. The maximum atomic E-state index is 12.9. The predicted octanol–water partition coefficient (Wildman–Crippen LogP) is 2.81.